The number of benzene rings is 2. The van der Waals surface area contributed by atoms with Gasteiger partial charge in [-0.3, -0.25) is 0 Å². The second-order valence-electron chi connectivity index (χ2n) is 6.88. The molecule has 7 nitrogen and oxygen atoms in total. The van der Waals surface area contributed by atoms with Gasteiger partial charge in [0, 0.05) is 40.5 Å². The summed E-state index contributed by atoms with van der Waals surface area (Å²) in [4.78, 5) is 23.4. The van der Waals surface area contributed by atoms with E-state index in [1.807, 2.05) is 48.5 Å². The van der Waals surface area contributed by atoms with Crippen molar-refractivity contribution >= 4 is 38.5 Å². The maximum absolute atomic E-state index is 11.7. The first kappa shape index (κ1) is 18.1. The van der Waals surface area contributed by atoms with Gasteiger partial charge in [0.15, 0.2) is 5.69 Å². The van der Waals surface area contributed by atoms with Gasteiger partial charge in [0.25, 0.3) is 0 Å². The van der Waals surface area contributed by atoms with Gasteiger partial charge in [0.1, 0.15) is 5.75 Å². The Labute approximate surface area is 170 Å². The third-order valence-corrected chi connectivity index (χ3v) is 5.05. The van der Waals surface area contributed by atoms with Crippen molar-refractivity contribution < 1.29 is 19.4 Å². The number of hydrogen-bond acceptors (Lipinski definition) is 5. The van der Waals surface area contributed by atoms with Crippen LogP contribution in [0.5, 0.6) is 11.6 Å². The molecule has 0 unspecified atom stereocenters. The number of nitrogens with zero attached hydrogens (tertiary/aromatic N) is 2. The van der Waals surface area contributed by atoms with Crippen molar-refractivity contribution in [3.8, 4) is 11.6 Å². The zero-order valence-electron chi connectivity index (χ0n) is 16.0. The molecule has 5 rings (SSSR count). The highest BCUT2D eigenvalue weighted by Gasteiger charge is 2.19. The summed E-state index contributed by atoms with van der Waals surface area (Å²) in [5, 5.41) is 13.1. The van der Waals surface area contributed by atoms with Gasteiger partial charge in [-0.15, -0.1) is 0 Å². The Morgan fingerprint density at radius 2 is 1.93 bits per heavy atom. The molecule has 0 bridgehead atoms. The molecule has 0 atom stereocenters. The Balaban J connectivity index is 1.68. The van der Waals surface area contributed by atoms with E-state index in [1.165, 1.54) is 13.3 Å². The number of fused-ring (bicyclic) bond motifs is 4. The average Bonchev–Trinajstić information content (AvgIpc) is 3.12. The highest BCUT2D eigenvalue weighted by molar-refractivity contribution is 6.11. The molecule has 0 radical (unpaired) electrons. The van der Waals surface area contributed by atoms with Crippen LogP contribution in [0.25, 0.3) is 32.6 Å². The van der Waals surface area contributed by atoms with Gasteiger partial charge in [0.2, 0.25) is 5.88 Å². The summed E-state index contributed by atoms with van der Waals surface area (Å²) in [7, 11) is 1.53. The molecule has 0 fully saturated rings. The maximum Gasteiger partial charge on any atom is 0.354 e. The lowest BCUT2D eigenvalue weighted by atomic mass is 10.1. The molecule has 0 aliphatic heterocycles. The van der Waals surface area contributed by atoms with Crippen molar-refractivity contribution in [3.05, 3.63) is 72.2 Å². The molecule has 0 amide bonds. The van der Waals surface area contributed by atoms with Crippen molar-refractivity contribution in [2.24, 2.45) is 0 Å². The molecule has 2 aromatic carbocycles. The monoisotopic (exact) mass is 399 g/mol. The van der Waals surface area contributed by atoms with Gasteiger partial charge in [0.05, 0.1) is 18.3 Å². The van der Waals surface area contributed by atoms with Crippen molar-refractivity contribution in [2.75, 3.05) is 7.11 Å². The first-order valence-electron chi connectivity index (χ1n) is 9.33. The fourth-order valence-electron chi connectivity index (χ4n) is 3.76. The molecule has 3 heterocycles. The Kier molecular flexibility index (Phi) is 4.30. The number of hydrogen-bond donors (Lipinski definition) is 2. The number of aromatic nitrogens is 3. The third-order valence-electron chi connectivity index (χ3n) is 5.05. The van der Waals surface area contributed by atoms with Gasteiger partial charge in [-0.2, -0.15) is 0 Å². The summed E-state index contributed by atoms with van der Waals surface area (Å²) < 4.78 is 11.4. The number of ether oxygens (including phenoxy) is 2. The second-order valence-corrected chi connectivity index (χ2v) is 6.88. The van der Waals surface area contributed by atoms with Crippen molar-refractivity contribution in [2.45, 2.75) is 6.61 Å². The molecule has 0 saturated heterocycles. The largest absolute Gasteiger partial charge is 0.477 e. The van der Waals surface area contributed by atoms with Crippen molar-refractivity contribution in [3.63, 3.8) is 0 Å². The number of methoxy groups -OCH3 is 1. The predicted molar refractivity (Wildman–Crippen MR) is 113 cm³/mol. The SMILES string of the molecule is COCc1c(C(=O)O)ncc2[nH]c3ccc(Oc4nccc5ccccc45)cc3c12. The highest BCUT2D eigenvalue weighted by atomic mass is 16.5. The Morgan fingerprint density at radius 3 is 2.77 bits per heavy atom. The van der Waals surface area contributed by atoms with Gasteiger partial charge < -0.3 is 19.6 Å². The predicted octanol–water partition coefficient (Wildman–Crippen LogP) is 4.90. The van der Waals surface area contributed by atoms with Gasteiger partial charge in [-0.1, -0.05) is 18.2 Å². The molecule has 0 spiro atoms. The Bertz CT molecular complexity index is 1420. The van der Waals surface area contributed by atoms with Crippen LogP contribution in [-0.2, 0) is 11.3 Å². The van der Waals surface area contributed by atoms with Gasteiger partial charge in [-0.25, -0.2) is 14.8 Å². The van der Waals surface area contributed by atoms with E-state index >= 15 is 0 Å². The first-order valence-corrected chi connectivity index (χ1v) is 9.33. The highest BCUT2D eigenvalue weighted by Crippen LogP contribution is 2.34. The van der Waals surface area contributed by atoms with E-state index in [9.17, 15) is 9.90 Å². The third kappa shape index (κ3) is 2.92. The minimum Gasteiger partial charge on any atom is -0.477 e. The molecule has 0 saturated carbocycles. The van der Waals surface area contributed by atoms with Crippen molar-refractivity contribution in [1.82, 2.24) is 15.0 Å². The zero-order chi connectivity index (χ0) is 20.7. The van der Waals surface area contributed by atoms with E-state index in [4.69, 9.17) is 9.47 Å². The van der Waals surface area contributed by atoms with E-state index in [0.717, 1.165) is 32.6 Å². The number of carboxylic acids is 1. The lowest BCUT2D eigenvalue weighted by Gasteiger charge is -2.09. The molecule has 30 heavy (non-hydrogen) atoms. The Morgan fingerprint density at radius 1 is 1.07 bits per heavy atom. The first-order chi connectivity index (χ1) is 14.7. The molecular weight excluding hydrogens is 382 g/mol. The minimum atomic E-state index is -1.09. The van der Waals surface area contributed by atoms with E-state index in [0.29, 0.717) is 17.2 Å². The fourth-order valence-corrected chi connectivity index (χ4v) is 3.76. The van der Waals surface area contributed by atoms with Crippen LogP contribution in [0, 0.1) is 0 Å². The van der Waals surface area contributed by atoms with Crippen LogP contribution < -0.4 is 4.74 Å². The molecule has 7 heteroatoms. The van der Waals surface area contributed by atoms with E-state index in [1.54, 1.807) is 6.20 Å². The molecule has 5 aromatic rings. The summed E-state index contributed by atoms with van der Waals surface area (Å²) in [6, 6.07) is 15.4. The number of aromatic carboxylic acids is 1. The standard InChI is InChI=1S/C23H17N3O4/c1-29-12-17-20-16-10-14(30-22-15-5-3-2-4-13(15)8-9-24-22)6-7-18(16)26-19(20)11-25-21(17)23(27)28/h2-11,26H,12H2,1H3,(H,27,28). The summed E-state index contributed by atoms with van der Waals surface area (Å²) in [6.45, 7) is 0.134. The second kappa shape index (κ2) is 7.13. The van der Waals surface area contributed by atoms with Crippen LogP contribution in [0.2, 0.25) is 0 Å². The number of carboxylic acid groups (broad SMARTS) is 1. The lowest BCUT2D eigenvalue weighted by Crippen LogP contribution is -2.07. The van der Waals surface area contributed by atoms with E-state index in [-0.39, 0.29) is 12.3 Å². The number of carbonyl (C=O) groups is 1. The summed E-state index contributed by atoms with van der Waals surface area (Å²) in [6.07, 6.45) is 3.24. The minimum absolute atomic E-state index is 0.0210. The summed E-state index contributed by atoms with van der Waals surface area (Å²) in [5.74, 6) is 0.0206. The fraction of sp³-hybridized carbons (Fsp3) is 0.0870. The van der Waals surface area contributed by atoms with Crippen LogP contribution in [0.4, 0.5) is 0 Å². The molecule has 3 aromatic heterocycles. The number of aromatic amines is 1. The van der Waals surface area contributed by atoms with Crippen LogP contribution in [-0.4, -0.2) is 33.1 Å². The van der Waals surface area contributed by atoms with Crippen molar-refractivity contribution in [1.29, 1.82) is 0 Å². The smallest absolute Gasteiger partial charge is 0.354 e. The van der Waals surface area contributed by atoms with E-state index < -0.39 is 5.97 Å². The van der Waals surface area contributed by atoms with Crippen LogP contribution >= 0.6 is 0 Å². The number of nitrogens with one attached hydrogen (secondary N) is 1. The quantitative estimate of drug-likeness (QED) is 0.436. The van der Waals surface area contributed by atoms with Crippen LogP contribution in [0.3, 0.4) is 0 Å². The maximum atomic E-state index is 11.7. The summed E-state index contributed by atoms with van der Waals surface area (Å²) in [5.41, 5.74) is 2.09. The summed E-state index contributed by atoms with van der Waals surface area (Å²) >= 11 is 0. The van der Waals surface area contributed by atoms with Crippen LogP contribution in [0.15, 0.2) is 60.9 Å². The zero-order valence-corrected chi connectivity index (χ0v) is 16.0. The molecule has 2 N–H and O–H groups in total. The molecule has 0 aliphatic carbocycles. The molecule has 148 valence electrons. The van der Waals surface area contributed by atoms with Gasteiger partial charge in [-0.05, 0) is 35.7 Å². The molecule has 0 aliphatic rings. The number of pyridine rings is 2. The Hall–Kier alpha value is -3.97. The normalized spacial score (nSPS) is 11.4. The lowest BCUT2D eigenvalue weighted by molar-refractivity contribution is 0.0685. The average molecular weight is 399 g/mol. The number of rotatable bonds is 5. The van der Waals surface area contributed by atoms with E-state index in [2.05, 4.69) is 15.0 Å². The van der Waals surface area contributed by atoms with Gasteiger partial charge >= 0.3 is 5.97 Å². The number of H-pyrrole nitrogens is 1. The topological polar surface area (TPSA) is 97.3 Å². The van der Waals surface area contributed by atoms with Crippen LogP contribution in [0.1, 0.15) is 16.1 Å². The molecular formula is C23H17N3O4.